The molecular weight excluding hydrogens is 394 g/mol. The molecule has 4 fully saturated rings. The minimum absolute atomic E-state index is 0.241. The number of carbonyl (C=O) groups excluding carboxylic acids is 2. The van der Waals surface area contributed by atoms with Crippen molar-refractivity contribution < 1.29 is 9.59 Å². The van der Waals surface area contributed by atoms with Crippen molar-refractivity contribution >= 4 is 28.3 Å². The summed E-state index contributed by atoms with van der Waals surface area (Å²) in [5.41, 5.74) is 2.10. The van der Waals surface area contributed by atoms with Crippen LogP contribution in [0, 0.1) is 23.2 Å². The van der Waals surface area contributed by atoms with Crippen LogP contribution in [-0.4, -0.2) is 22.8 Å². The molecule has 30 heavy (non-hydrogen) atoms. The molecule has 6 heteroatoms. The van der Waals surface area contributed by atoms with E-state index in [1.165, 1.54) is 49.9 Å². The summed E-state index contributed by atoms with van der Waals surface area (Å²) in [7, 11) is 0. The lowest BCUT2D eigenvalue weighted by atomic mass is 9.48. The van der Waals surface area contributed by atoms with Crippen molar-refractivity contribution in [1.29, 1.82) is 0 Å². The summed E-state index contributed by atoms with van der Waals surface area (Å²) < 4.78 is 0. The van der Waals surface area contributed by atoms with Gasteiger partial charge < -0.3 is 10.6 Å². The number of carbonyl (C=O) groups is 2. The second kappa shape index (κ2) is 7.80. The number of hydrogen-bond acceptors (Lipinski definition) is 4. The Morgan fingerprint density at radius 2 is 1.73 bits per heavy atom. The lowest BCUT2D eigenvalue weighted by Crippen LogP contribution is -2.47. The third-order valence-electron chi connectivity index (χ3n) is 7.28. The zero-order chi connectivity index (χ0) is 20.7. The van der Waals surface area contributed by atoms with Gasteiger partial charge in [-0.05, 0) is 87.2 Å². The lowest BCUT2D eigenvalue weighted by Gasteiger charge is -2.56. The average Bonchev–Trinajstić information content (AvgIpc) is 3.13. The zero-order valence-electron chi connectivity index (χ0n) is 17.4. The maximum atomic E-state index is 12.5. The molecule has 4 saturated carbocycles. The molecule has 5 nitrogen and oxygen atoms in total. The van der Waals surface area contributed by atoms with Gasteiger partial charge in [-0.15, -0.1) is 11.3 Å². The molecule has 4 aliphatic carbocycles. The summed E-state index contributed by atoms with van der Waals surface area (Å²) >= 11 is 1.48. The first-order valence-electron chi connectivity index (χ1n) is 11.1. The molecule has 0 saturated heterocycles. The highest BCUT2D eigenvalue weighted by molar-refractivity contribution is 7.13. The van der Waals surface area contributed by atoms with E-state index in [1.54, 1.807) is 31.2 Å². The van der Waals surface area contributed by atoms with E-state index >= 15 is 0 Å². The topological polar surface area (TPSA) is 71.1 Å². The molecule has 1 aromatic carbocycles. The normalized spacial score (nSPS) is 30.1. The van der Waals surface area contributed by atoms with Gasteiger partial charge in [-0.3, -0.25) is 9.59 Å². The number of anilines is 1. The highest BCUT2D eigenvalue weighted by Gasteiger charge is 2.50. The summed E-state index contributed by atoms with van der Waals surface area (Å²) in [6.07, 6.45) is 9.48. The lowest BCUT2D eigenvalue weighted by molar-refractivity contribution is -0.117. The summed E-state index contributed by atoms with van der Waals surface area (Å²) in [6.45, 7) is 1.69. The Kier molecular flexibility index (Phi) is 5.13. The first-order chi connectivity index (χ1) is 14.5. The third-order valence-corrected chi connectivity index (χ3v) is 8.09. The van der Waals surface area contributed by atoms with Gasteiger partial charge in [0.1, 0.15) is 6.04 Å². The Labute approximate surface area is 181 Å². The fourth-order valence-corrected chi connectivity index (χ4v) is 7.20. The fraction of sp³-hybridized carbons (Fsp3) is 0.542. The number of nitrogens with zero attached hydrogens (tertiary/aromatic N) is 1. The number of benzene rings is 1. The third kappa shape index (κ3) is 4.02. The van der Waals surface area contributed by atoms with Crippen molar-refractivity contribution in [3.63, 3.8) is 0 Å². The van der Waals surface area contributed by atoms with Crippen LogP contribution in [0.3, 0.4) is 0 Å². The van der Waals surface area contributed by atoms with E-state index in [9.17, 15) is 9.59 Å². The van der Waals surface area contributed by atoms with Crippen LogP contribution in [0.2, 0.25) is 0 Å². The molecule has 4 aliphatic rings. The Balaban J connectivity index is 1.18. The largest absolute Gasteiger partial charge is 0.341 e. The summed E-state index contributed by atoms with van der Waals surface area (Å²) in [6, 6.07) is 8.31. The molecule has 6 rings (SSSR count). The highest BCUT2D eigenvalue weighted by Crippen LogP contribution is 2.61. The van der Waals surface area contributed by atoms with E-state index in [4.69, 9.17) is 4.98 Å². The Hall–Kier alpha value is -2.21. The predicted octanol–water partition coefficient (Wildman–Crippen LogP) is 4.66. The monoisotopic (exact) mass is 423 g/mol. The van der Waals surface area contributed by atoms with Gasteiger partial charge in [0.15, 0.2) is 5.13 Å². The number of thiazole rings is 1. The second-order valence-electron chi connectivity index (χ2n) is 9.79. The van der Waals surface area contributed by atoms with Gasteiger partial charge in [-0.25, -0.2) is 4.98 Å². The molecule has 1 aromatic heterocycles. The molecule has 0 spiro atoms. The van der Waals surface area contributed by atoms with Gasteiger partial charge in [-0.1, -0.05) is 18.2 Å². The maximum absolute atomic E-state index is 12.5. The minimum Gasteiger partial charge on any atom is -0.341 e. The quantitative estimate of drug-likeness (QED) is 0.710. The van der Waals surface area contributed by atoms with Crippen LogP contribution in [0.1, 0.15) is 61.5 Å². The van der Waals surface area contributed by atoms with Crippen molar-refractivity contribution in [3.05, 3.63) is 47.0 Å². The molecule has 1 heterocycles. The zero-order valence-corrected chi connectivity index (χ0v) is 18.2. The standard InChI is InChI=1S/C24H29N3O2S/c1-15(25-22(29)19-5-3-2-4-6-19)21(28)27-23-26-20(14-30-23)13-24-10-16-7-17(11-24)9-18(8-16)12-24/h2-6,14-18H,7-13H2,1H3,(H,25,29)(H,26,27,28). The van der Waals surface area contributed by atoms with Crippen molar-refractivity contribution in [2.75, 3.05) is 5.32 Å². The van der Waals surface area contributed by atoms with Crippen LogP contribution in [0.5, 0.6) is 0 Å². The number of amides is 2. The van der Waals surface area contributed by atoms with Gasteiger partial charge in [0.25, 0.3) is 5.91 Å². The minimum atomic E-state index is -0.631. The molecule has 1 atom stereocenters. The van der Waals surface area contributed by atoms with Gasteiger partial charge in [-0.2, -0.15) is 0 Å². The first kappa shape index (κ1) is 19.7. The van der Waals surface area contributed by atoms with Crippen molar-refractivity contribution in [3.8, 4) is 0 Å². The number of aromatic nitrogens is 1. The van der Waals surface area contributed by atoms with Crippen LogP contribution < -0.4 is 10.6 Å². The van der Waals surface area contributed by atoms with Crippen molar-refractivity contribution in [2.45, 2.75) is 57.9 Å². The van der Waals surface area contributed by atoms with Crippen molar-refractivity contribution in [1.82, 2.24) is 10.3 Å². The van der Waals surface area contributed by atoms with Crippen LogP contribution in [-0.2, 0) is 11.2 Å². The fourth-order valence-electron chi connectivity index (χ4n) is 6.48. The van der Waals surface area contributed by atoms with Crippen LogP contribution in [0.15, 0.2) is 35.7 Å². The molecule has 4 bridgehead atoms. The summed E-state index contributed by atoms with van der Waals surface area (Å²) in [4.78, 5) is 29.5. The smallest absolute Gasteiger partial charge is 0.251 e. The first-order valence-corrected chi connectivity index (χ1v) is 12.0. The van der Waals surface area contributed by atoms with Crippen LogP contribution in [0.25, 0.3) is 0 Å². The molecular formula is C24H29N3O2S. The molecule has 0 radical (unpaired) electrons. The Morgan fingerprint density at radius 1 is 1.10 bits per heavy atom. The highest BCUT2D eigenvalue weighted by atomic mass is 32.1. The van der Waals surface area contributed by atoms with Crippen LogP contribution in [0.4, 0.5) is 5.13 Å². The Morgan fingerprint density at radius 3 is 2.37 bits per heavy atom. The predicted molar refractivity (Wildman–Crippen MR) is 118 cm³/mol. The van der Waals surface area contributed by atoms with E-state index in [2.05, 4.69) is 16.0 Å². The van der Waals surface area contributed by atoms with E-state index in [0.29, 0.717) is 16.1 Å². The Bertz CT molecular complexity index is 904. The average molecular weight is 424 g/mol. The molecule has 1 unspecified atom stereocenters. The van der Waals surface area contributed by atoms with Gasteiger partial charge in [0.05, 0.1) is 5.69 Å². The van der Waals surface area contributed by atoms with Crippen molar-refractivity contribution in [2.24, 2.45) is 23.2 Å². The number of nitrogens with one attached hydrogen (secondary N) is 2. The van der Waals surface area contributed by atoms with Gasteiger partial charge >= 0.3 is 0 Å². The molecule has 158 valence electrons. The number of hydrogen-bond donors (Lipinski definition) is 2. The maximum Gasteiger partial charge on any atom is 0.251 e. The van der Waals surface area contributed by atoms with E-state index in [1.807, 2.05) is 6.07 Å². The van der Waals surface area contributed by atoms with E-state index < -0.39 is 6.04 Å². The molecule has 2 aromatic rings. The SMILES string of the molecule is CC(NC(=O)c1ccccc1)C(=O)Nc1nc(CC23CC4CC(CC(C4)C2)C3)cs1. The number of rotatable bonds is 6. The summed E-state index contributed by atoms with van der Waals surface area (Å²) in [5.74, 6) is 2.31. The summed E-state index contributed by atoms with van der Waals surface area (Å²) in [5, 5.41) is 8.36. The second-order valence-corrected chi connectivity index (χ2v) is 10.6. The molecule has 2 N–H and O–H groups in total. The van der Waals surface area contributed by atoms with Crippen LogP contribution >= 0.6 is 11.3 Å². The van der Waals surface area contributed by atoms with E-state index in [-0.39, 0.29) is 11.8 Å². The van der Waals surface area contributed by atoms with E-state index in [0.717, 1.165) is 29.9 Å². The van der Waals surface area contributed by atoms with Gasteiger partial charge in [0.2, 0.25) is 5.91 Å². The molecule has 0 aliphatic heterocycles. The van der Waals surface area contributed by atoms with Gasteiger partial charge in [0, 0.05) is 10.9 Å². The molecule has 2 amide bonds.